The lowest BCUT2D eigenvalue weighted by Crippen LogP contribution is -2.23. The zero-order chi connectivity index (χ0) is 15.5. The largest absolute Gasteiger partial charge is 0.507 e. The topological polar surface area (TPSA) is 69.6 Å². The molecular formula is C17H16N2O3. The van der Waals surface area contributed by atoms with Gasteiger partial charge in [-0.1, -0.05) is 12.1 Å². The molecule has 1 aliphatic heterocycles. The predicted molar refractivity (Wildman–Crippen MR) is 84.1 cm³/mol. The summed E-state index contributed by atoms with van der Waals surface area (Å²) in [6, 6.07) is 13.5. The van der Waals surface area contributed by atoms with Crippen LogP contribution in [0.1, 0.15) is 23.2 Å². The summed E-state index contributed by atoms with van der Waals surface area (Å²) in [5.74, 6) is -0.298. The number of carbonyl (C=O) groups is 2. The fraction of sp³-hybridized carbons (Fsp3) is 0.176. The summed E-state index contributed by atoms with van der Waals surface area (Å²) in [5.41, 5.74) is 1.67. The van der Waals surface area contributed by atoms with E-state index in [0.29, 0.717) is 12.1 Å². The number of benzene rings is 2. The lowest BCUT2D eigenvalue weighted by Gasteiger charge is -2.16. The Kier molecular flexibility index (Phi) is 3.78. The summed E-state index contributed by atoms with van der Waals surface area (Å²) in [6.07, 6.45) is 1.47. The number of anilines is 2. The molecule has 0 saturated carbocycles. The number of phenols is 1. The molecule has 0 radical (unpaired) electrons. The van der Waals surface area contributed by atoms with Crippen LogP contribution in [0.5, 0.6) is 5.75 Å². The van der Waals surface area contributed by atoms with Crippen molar-refractivity contribution in [1.29, 1.82) is 0 Å². The summed E-state index contributed by atoms with van der Waals surface area (Å²) in [5, 5.41) is 12.4. The number of aromatic hydroxyl groups is 1. The van der Waals surface area contributed by atoms with Crippen molar-refractivity contribution in [3.63, 3.8) is 0 Å². The van der Waals surface area contributed by atoms with Gasteiger partial charge < -0.3 is 15.3 Å². The van der Waals surface area contributed by atoms with Gasteiger partial charge in [0.25, 0.3) is 5.91 Å². The number of phenolic OH excluding ortho intramolecular Hbond substituents is 1. The first-order valence-corrected chi connectivity index (χ1v) is 7.15. The second-order valence-electron chi connectivity index (χ2n) is 5.17. The zero-order valence-corrected chi connectivity index (χ0v) is 12.0. The molecule has 0 atom stereocenters. The highest BCUT2D eigenvalue weighted by Crippen LogP contribution is 2.24. The third-order valence-corrected chi connectivity index (χ3v) is 3.66. The number of hydrogen-bond acceptors (Lipinski definition) is 3. The van der Waals surface area contributed by atoms with Crippen LogP contribution in [0.25, 0.3) is 0 Å². The second-order valence-corrected chi connectivity index (χ2v) is 5.17. The van der Waals surface area contributed by atoms with Gasteiger partial charge in [0.2, 0.25) is 5.91 Å². The van der Waals surface area contributed by atoms with Gasteiger partial charge >= 0.3 is 0 Å². The Morgan fingerprint density at radius 3 is 2.45 bits per heavy atom. The zero-order valence-electron chi connectivity index (χ0n) is 12.0. The van der Waals surface area contributed by atoms with Gasteiger partial charge in [0.1, 0.15) is 5.75 Å². The highest BCUT2D eigenvalue weighted by atomic mass is 16.3. The summed E-state index contributed by atoms with van der Waals surface area (Å²) in [4.78, 5) is 25.5. The van der Waals surface area contributed by atoms with E-state index < -0.39 is 0 Å². The van der Waals surface area contributed by atoms with Crippen LogP contribution in [-0.2, 0) is 4.79 Å². The molecule has 0 aromatic heterocycles. The molecule has 0 aliphatic carbocycles. The SMILES string of the molecule is O=C(Nc1ccc(N2CCCC2=O)cc1)c1ccccc1O. The molecule has 0 unspecified atom stereocenters. The fourth-order valence-corrected chi connectivity index (χ4v) is 2.51. The maximum Gasteiger partial charge on any atom is 0.259 e. The van der Waals surface area contributed by atoms with Gasteiger partial charge in [0.05, 0.1) is 5.56 Å². The minimum atomic E-state index is -0.372. The molecule has 3 rings (SSSR count). The summed E-state index contributed by atoms with van der Waals surface area (Å²) < 4.78 is 0. The maximum absolute atomic E-state index is 12.1. The molecule has 2 amide bonds. The van der Waals surface area contributed by atoms with E-state index in [1.807, 2.05) is 12.1 Å². The van der Waals surface area contributed by atoms with E-state index in [9.17, 15) is 14.7 Å². The van der Waals surface area contributed by atoms with E-state index in [-0.39, 0.29) is 23.1 Å². The van der Waals surface area contributed by atoms with Crippen molar-refractivity contribution < 1.29 is 14.7 Å². The van der Waals surface area contributed by atoms with Crippen molar-refractivity contribution in [2.75, 3.05) is 16.8 Å². The summed E-state index contributed by atoms with van der Waals surface area (Å²) in [6.45, 7) is 0.739. The van der Waals surface area contributed by atoms with E-state index >= 15 is 0 Å². The molecule has 1 aliphatic rings. The van der Waals surface area contributed by atoms with Crippen molar-refractivity contribution >= 4 is 23.2 Å². The number of hydrogen-bond donors (Lipinski definition) is 2. The van der Waals surface area contributed by atoms with E-state index in [2.05, 4.69) is 5.32 Å². The molecule has 1 fully saturated rings. The average Bonchev–Trinajstić information content (AvgIpc) is 2.94. The quantitative estimate of drug-likeness (QED) is 0.915. The lowest BCUT2D eigenvalue weighted by atomic mass is 10.2. The van der Waals surface area contributed by atoms with E-state index in [4.69, 9.17) is 0 Å². The van der Waals surface area contributed by atoms with Gasteiger partial charge in [-0.25, -0.2) is 0 Å². The van der Waals surface area contributed by atoms with Crippen molar-refractivity contribution in [2.45, 2.75) is 12.8 Å². The second kappa shape index (κ2) is 5.89. The molecule has 1 saturated heterocycles. The maximum atomic E-state index is 12.1. The van der Waals surface area contributed by atoms with Crippen molar-refractivity contribution in [3.05, 3.63) is 54.1 Å². The van der Waals surface area contributed by atoms with Crippen LogP contribution in [0, 0.1) is 0 Å². The normalized spacial score (nSPS) is 14.2. The van der Waals surface area contributed by atoms with Crippen LogP contribution < -0.4 is 10.2 Å². The Morgan fingerprint density at radius 1 is 1.09 bits per heavy atom. The molecule has 2 aromatic rings. The highest BCUT2D eigenvalue weighted by molar-refractivity contribution is 6.06. The molecule has 112 valence electrons. The van der Waals surface area contributed by atoms with Crippen LogP contribution in [-0.4, -0.2) is 23.5 Å². The Hall–Kier alpha value is -2.82. The van der Waals surface area contributed by atoms with Gasteiger partial charge in [-0.05, 0) is 42.8 Å². The smallest absolute Gasteiger partial charge is 0.259 e. The van der Waals surface area contributed by atoms with Crippen molar-refractivity contribution in [3.8, 4) is 5.75 Å². The highest BCUT2D eigenvalue weighted by Gasteiger charge is 2.21. The first-order chi connectivity index (χ1) is 10.6. The van der Waals surface area contributed by atoms with Crippen LogP contribution in [0.15, 0.2) is 48.5 Å². The standard InChI is InChI=1S/C17H16N2O3/c20-15-5-2-1-4-14(15)17(22)18-12-7-9-13(10-8-12)19-11-3-6-16(19)21/h1-2,4-5,7-10,20H,3,6,11H2,(H,18,22). The van der Waals surface area contributed by atoms with Crippen molar-refractivity contribution in [2.24, 2.45) is 0 Å². The van der Waals surface area contributed by atoms with Crippen LogP contribution in [0.3, 0.4) is 0 Å². The van der Waals surface area contributed by atoms with Crippen LogP contribution in [0.4, 0.5) is 11.4 Å². The Labute approximate surface area is 128 Å². The third-order valence-electron chi connectivity index (χ3n) is 3.66. The lowest BCUT2D eigenvalue weighted by molar-refractivity contribution is -0.117. The van der Waals surface area contributed by atoms with Crippen molar-refractivity contribution in [1.82, 2.24) is 0 Å². The Morgan fingerprint density at radius 2 is 1.82 bits per heavy atom. The Balaban J connectivity index is 1.72. The number of para-hydroxylation sites is 1. The first kappa shape index (κ1) is 14.1. The number of amides is 2. The number of nitrogens with zero attached hydrogens (tertiary/aromatic N) is 1. The average molecular weight is 296 g/mol. The third kappa shape index (κ3) is 2.79. The van der Waals surface area contributed by atoms with Crippen LogP contribution in [0.2, 0.25) is 0 Å². The molecule has 1 heterocycles. The van der Waals surface area contributed by atoms with Crippen LogP contribution >= 0.6 is 0 Å². The summed E-state index contributed by atoms with van der Waals surface area (Å²) in [7, 11) is 0. The van der Waals surface area contributed by atoms with Gasteiger partial charge in [0.15, 0.2) is 0 Å². The number of rotatable bonds is 3. The minimum Gasteiger partial charge on any atom is -0.507 e. The molecule has 2 aromatic carbocycles. The molecular weight excluding hydrogens is 280 g/mol. The number of nitrogens with one attached hydrogen (secondary N) is 1. The molecule has 2 N–H and O–H groups in total. The van der Waals surface area contributed by atoms with E-state index in [1.54, 1.807) is 35.2 Å². The monoisotopic (exact) mass is 296 g/mol. The van der Waals surface area contributed by atoms with Gasteiger partial charge in [-0.15, -0.1) is 0 Å². The van der Waals surface area contributed by atoms with E-state index in [0.717, 1.165) is 18.7 Å². The number of carbonyl (C=O) groups excluding carboxylic acids is 2. The van der Waals surface area contributed by atoms with Gasteiger partial charge in [0, 0.05) is 24.3 Å². The first-order valence-electron chi connectivity index (χ1n) is 7.15. The minimum absolute atomic E-state index is 0.0562. The molecule has 5 nitrogen and oxygen atoms in total. The Bertz CT molecular complexity index is 710. The van der Waals surface area contributed by atoms with E-state index in [1.165, 1.54) is 6.07 Å². The predicted octanol–water partition coefficient (Wildman–Crippen LogP) is 2.77. The van der Waals surface area contributed by atoms with Gasteiger partial charge in [-0.2, -0.15) is 0 Å². The fourth-order valence-electron chi connectivity index (χ4n) is 2.51. The van der Waals surface area contributed by atoms with Gasteiger partial charge in [-0.3, -0.25) is 9.59 Å². The molecule has 5 heteroatoms. The molecule has 0 spiro atoms. The summed E-state index contributed by atoms with van der Waals surface area (Å²) >= 11 is 0. The molecule has 0 bridgehead atoms. The molecule has 22 heavy (non-hydrogen) atoms.